The highest BCUT2D eigenvalue weighted by Gasteiger charge is 2.41. The molecule has 1 aliphatic heterocycles. The smallest absolute Gasteiger partial charge is 0.344 e. The molecule has 0 spiro atoms. The lowest BCUT2D eigenvalue weighted by Gasteiger charge is -2.31. The number of likely N-dealkylation sites (N-methyl/N-ethyl adjacent to an activating group) is 1. The fraction of sp³-hybridized carbons (Fsp3) is 0.182. The van der Waals surface area contributed by atoms with Gasteiger partial charge in [0, 0.05) is 18.8 Å². The molecule has 35 heavy (non-hydrogen) atoms. The fourth-order valence-corrected chi connectivity index (χ4v) is 5.15. The summed E-state index contributed by atoms with van der Waals surface area (Å²) in [4.78, 5) is 13.5. The third kappa shape index (κ3) is 4.51. The van der Waals surface area contributed by atoms with E-state index in [1.165, 1.54) is 49.4 Å². The number of carbonyl (C=O) groups is 1. The van der Waals surface area contributed by atoms with Crippen LogP contribution >= 0.6 is 23.2 Å². The average Bonchev–Trinajstić information content (AvgIpc) is 3.24. The van der Waals surface area contributed by atoms with Crippen LogP contribution in [-0.4, -0.2) is 35.5 Å². The van der Waals surface area contributed by atoms with E-state index in [0.717, 1.165) is 17.8 Å². The Balaban J connectivity index is 1.87. The van der Waals surface area contributed by atoms with Crippen molar-refractivity contribution >= 4 is 45.0 Å². The Bertz CT molecular complexity index is 1450. The molecule has 1 aromatic heterocycles. The molecule has 0 aliphatic carbocycles. The standard InChI is InChI=1S/C22H17Cl2F3N4O3S/c1-12-19(21(32)30(2)35(33,34)14-6-4-3-5-7-14)20(13-8-9-15(23)16(24)10-13)31-18(28-12)11-17(29-31)22(25,26)27/h3-11,20,28H,1-2H3. The minimum Gasteiger partial charge on any atom is -0.344 e. The fourth-order valence-electron chi connectivity index (χ4n) is 3.71. The topological polar surface area (TPSA) is 84.3 Å². The van der Waals surface area contributed by atoms with Gasteiger partial charge < -0.3 is 5.32 Å². The van der Waals surface area contributed by atoms with Gasteiger partial charge in [-0.25, -0.2) is 17.4 Å². The van der Waals surface area contributed by atoms with Crippen molar-refractivity contribution in [1.82, 2.24) is 14.1 Å². The number of amides is 1. The summed E-state index contributed by atoms with van der Waals surface area (Å²) in [5, 5.41) is 6.70. The first-order valence-electron chi connectivity index (χ1n) is 10.00. The van der Waals surface area contributed by atoms with Crippen molar-refractivity contribution in [2.75, 3.05) is 12.4 Å². The molecule has 1 N–H and O–H groups in total. The summed E-state index contributed by atoms with van der Waals surface area (Å²) in [6, 6.07) is 11.2. The summed E-state index contributed by atoms with van der Waals surface area (Å²) in [6.07, 6.45) is -4.75. The number of fused-ring (bicyclic) bond motifs is 1. The number of alkyl halides is 3. The van der Waals surface area contributed by atoms with E-state index in [9.17, 15) is 26.4 Å². The van der Waals surface area contributed by atoms with E-state index in [1.54, 1.807) is 6.07 Å². The maximum absolute atomic E-state index is 13.6. The number of sulfonamides is 1. The number of halogens is 5. The zero-order chi connectivity index (χ0) is 25.7. The second-order valence-corrected chi connectivity index (χ2v) is 10.5. The Kier molecular flexibility index (Phi) is 6.37. The molecule has 0 saturated carbocycles. The normalized spacial score (nSPS) is 16.0. The highest BCUT2D eigenvalue weighted by Crippen LogP contribution is 2.41. The molecule has 1 aliphatic rings. The Hall–Kier alpha value is -3.02. The number of hydrogen-bond acceptors (Lipinski definition) is 5. The minimum absolute atomic E-state index is 0.0315. The van der Waals surface area contributed by atoms with Gasteiger partial charge in [0.05, 0.1) is 20.5 Å². The van der Waals surface area contributed by atoms with E-state index in [0.29, 0.717) is 4.31 Å². The van der Waals surface area contributed by atoms with Gasteiger partial charge in [-0.3, -0.25) is 4.79 Å². The van der Waals surface area contributed by atoms with E-state index in [2.05, 4.69) is 10.4 Å². The van der Waals surface area contributed by atoms with E-state index < -0.39 is 33.8 Å². The third-order valence-corrected chi connectivity index (χ3v) is 7.93. The maximum Gasteiger partial charge on any atom is 0.435 e. The Morgan fingerprint density at radius 1 is 1.09 bits per heavy atom. The van der Waals surface area contributed by atoms with Crippen LogP contribution in [-0.2, 0) is 21.0 Å². The first kappa shape index (κ1) is 25.1. The monoisotopic (exact) mass is 544 g/mol. The van der Waals surface area contributed by atoms with Crippen LogP contribution in [0.3, 0.4) is 0 Å². The molecular formula is C22H17Cl2F3N4O3S. The van der Waals surface area contributed by atoms with Gasteiger partial charge in [-0.1, -0.05) is 47.5 Å². The third-order valence-electron chi connectivity index (χ3n) is 5.44. The van der Waals surface area contributed by atoms with Crippen LogP contribution in [0.15, 0.2) is 70.8 Å². The van der Waals surface area contributed by atoms with Crippen LogP contribution in [0.5, 0.6) is 0 Å². The molecule has 1 atom stereocenters. The van der Waals surface area contributed by atoms with Gasteiger partial charge in [0.2, 0.25) is 0 Å². The molecule has 0 radical (unpaired) electrons. The van der Waals surface area contributed by atoms with Crippen LogP contribution < -0.4 is 5.32 Å². The van der Waals surface area contributed by atoms with Gasteiger partial charge >= 0.3 is 6.18 Å². The quantitative estimate of drug-likeness (QED) is 0.479. The van der Waals surface area contributed by atoms with E-state index in [-0.39, 0.29) is 37.6 Å². The van der Waals surface area contributed by atoms with Crippen molar-refractivity contribution in [3.05, 3.63) is 87.2 Å². The molecule has 7 nitrogen and oxygen atoms in total. The lowest BCUT2D eigenvalue weighted by atomic mass is 9.95. The molecule has 1 unspecified atom stereocenters. The predicted molar refractivity (Wildman–Crippen MR) is 125 cm³/mol. The molecule has 4 rings (SSSR count). The summed E-state index contributed by atoms with van der Waals surface area (Å²) in [7, 11) is -3.18. The summed E-state index contributed by atoms with van der Waals surface area (Å²) >= 11 is 12.2. The molecule has 3 aromatic rings. The van der Waals surface area contributed by atoms with Crippen molar-refractivity contribution in [3.63, 3.8) is 0 Å². The van der Waals surface area contributed by atoms with Crippen molar-refractivity contribution in [3.8, 4) is 0 Å². The van der Waals surface area contributed by atoms with Gasteiger partial charge in [-0.15, -0.1) is 0 Å². The maximum atomic E-state index is 13.6. The minimum atomic E-state index is -4.75. The number of nitrogens with one attached hydrogen (secondary N) is 1. The van der Waals surface area contributed by atoms with Crippen LogP contribution in [0.2, 0.25) is 10.0 Å². The van der Waals surface area contributed by atoms with Crippen LogP contribution in [0, 0.1) is 0 Å². The van der Waals surface area contributed by atoms with E-state index >= 15 is 0 Å². The second-order valence-electron chi connectivity index (χ2n) is 7.69. The number of aromatic nitrogens is 2. The van der Waals surface area contributed by atoms with Crippen molar-refractivity contribution in [2.24, 2.45) is 0 Å². The molecule has 1 amide bonds. The summed E-state index contributed by atoms with van der Waals surface area (Å²) in [5.74, 6) is -0.986. The SMILES string of the molecule is CC1=C(C(=O)N(C)S(=O)(=O)c2ccccc2)C(c2ccc(Cl)c(Cl)c2)n2nc(C(F)(F)F)cc2N1. The lowest BCUT2D eigenvalue weighted by Crippen LogP contribution is -2.39. The first-order chi connectivity index (χ1) is 16.3. The van der Waals surface area contributed by atoms with Crippen molar-refractivity contribution < 1.29 is 26.4 Å². The van der Waals surface area contributed by atoms with Crippen LogP contribution in [0.1, 0.15) is 24.2 Å². The second kappa shape index (κ2) is 8.89. The van der Waals surface area contributed by atoms with Gasteiger partial charge in [-0.2, -0.15) is 18.3 Å². The zero-order valence-electron chi connectivity index (χ0n) is 18.1. The van der Waals surface area contributed by atoms with Crippen molar-refractivity contribution in [2.45, 2.75) is 24.0 Å². The molecule has 2 heterocycles. The number of carbonyl (C=O) groups excluding carboxylic acids is 1. The number of nitrogens with zero attached hydrogens (tertiary/aromatic N) is 3. The summed E-state index contributed by atoms with van der Waals surface area (Å²) in [5.41, 5.74) is -0.874. The van der Waals surface area contributed by atoms with Crippen molar-refractivity contribution in [1.29, 1.82) is 0 Å². The number of hydrogen-bond donors (Lipinski definition) is 1. The summed E-state index contributed by atoms with van der Waals surface area (Å²) < 4.78 is 68.0. The number of anilines is 1. The molecular weight excluding hydrogens is 528 g/mol. The number of benzene rings is 2. The Morgan fingerprint density at radius 2 is 1.74 bits per heavy atom. The first-order valence-corrected chi connectivity index (χ1v) is 12.2. The highest BCUT2D eigenvalue weighted by molar-refractivity contribution is 7.89. The Labute approximate surface area is 208 Å². The largest absolute Gasteiger partial charge is 0.435 e. The van der Waals surface area contributed by atoms with Gasteiger partial charge in [0.25, 0.3) is 15.9 Å². The molecule has 2 aromatic carbocycles. The molecule has 0 fully saturated rings. The zero-order valence-corrected chi connectivity index (χ0v) is 20.5. The van der Waals surface area contributed by atoms with E-state index in [4.69, 9.17) is 23.2 Å². The van der Waals surface area contributed by atoms with Crippen LogP contribution in [0.25, 0.3) is 0 Å². The van der Waals surface area contributed by atoms with Gasteiger partial charge in [0.15, 0.2) is 5.69 Å². The molecule has 184 valence electrons. The summed E-state index contributed by atoms with van der Waals surface area (Å²) in [6.45, 7) is 1.46. The number of allylic oxidation sites excluding steroid dienone is 1. The number of rotatable bonds is 4. The lowest BCUT2D eigenvalue weighted by molar-refractivity contribution is -0.141. The molecule has 0 bridgehead atoms. The average molecular weight is 545 g/mol. The van der Waals surface area contributed by atoms with Gasteiger partial charge in [0.1, 0.15) is 11.9 Å². The van der Waals surface area contributed by atoms with Gasteiger partial charge in [-0.05, 0) is 36.8 Å². The molecule has 0 saturated heterocycles. The van der Waals surface area contributed by atoms with Crippen LogP contribution in [0.4, 0.5) is 19.0 Å². The predicted octanol–water partition coefficient (Wildman–Crippen LogP) is 5.34. The Morgan fingerprint density at radius 3 is 2.34 bits per heavy atom. The van der Waals surface area contributed by atoms with E-state index in [1.807, 2.05) is 0 Å². The highest BCUT2D eigenvalue weighted by atomic mass is 35.5. The molecule has 13 heteroatoms.